The van der Waals surface area contributed by atoms with E-state index in [1.165, 1.54) is 24.8 Å². The van der Waals surface area contributed by atoms with Crippen LogP contribution in [0.4, 0.5) is 11.4 Å². The summed E-state index contributed by atoms with van der Waals surface area (Å²) in [5.41, 5.74) is 4.80. The van der Waals surface area contributed by atoms with E-state index in [1.807, 2.05) is 23.1 Å². The minimum atomic E-state index is -0.449. The van der Waals surface area contributed by atoms with Crippen LogP contribution in [0.25, 0.3) is 5.57 Å². The Morgan fingerprint density at radius 1 is 1.06 bits per heavy atom. The second-order valence-corrected chi connectivity index (χ2v) is 9.74. The molecule has 0 spiro atoms. The summed E-state index contributed by atoms with van der Waals surface area (Å²) >= 11 is 6.03. The number of methoxy groups -OCH3 is 1. The minimum absolute atomic E-state index is 0.0808. The number of amides is 1. The van der Waals surface area contributed by atoms with E-state index in [-0.39, 0.29) is 5.91 Å². The number of carbonyl (C=O) groups excluding carboxylic acids is 1. The molecule has 5 nitrogen and oxygen atoms in total. The molecule has 1 amide bonds. The van der Waals surface area contributed by atoms with Crippen LogP contribution in [-0.2, 0) is 4.79 Å². The van der Waals surface area contributed by atoms with Crippen LogP contribution in [0.5, 0.6) is 5.75 Å². The van der Waals surface area contributed by atoms with Gasteiger partial charge < -0.3 is 4.74 Å². The SMILES string of the molecule is COc1cc2c3c(c1)C(=Nc1ccc(Cl)cc1)C(=O)N3C(C)(C)C=C2CN1CCCCC1. The van der Waals surface area contributed by atoms with Gasteiger partial charge in [-0.3, -0.25) is 14.6 Å². The second-order valence-electron chi connectivity index (χ2n) is 9.31. The molecule has 3 heterocycles. The van der Waals surface area contributed by atoms with E-state index in [9.17, 15) is 4.79 Å². The number of nitrogens with zero attached hydrogens (tertiary/aromatic N) is 3. The van der Waals surface area contributed by atoms with Gasteiger partial charge in [-0.1, -0.05) is 24.1 Å². The molecule has 1 fully saturated rings. The lowest BCUT2D eigenvalue weighted by molar-refractivity contribution is -0.112. The van der Waals surface area contributed by atoms with Gasteiger partial charge in [-0.2, -0.15) is 0 Å². The van der Waals surface area contributed by atoms with E-state index in [1.54, 1.807) is 19.2 Å². The van der Waals surface area contributed by atoms with Crippen molar-refractivity contribution in [3.8, 4) is 5.75 Å². The van der Waals surface area contributed by atoms with E-state index in [4.69, 9.17) is 21.3 Å². The van der Waals surface area contributed by atoms with Crippen molar-refractivity contribution in [1.82, 2.24) is 4.90 Å². The Labute approximate surface area is 194 Å². The topological polar surface area (TPSA) is 45.1 Å². The normalized spacial score (nSPS) is 21.0. The van der Waals surface area contributed by atoms with Crippen molar-refractivity contribution in [1.29, 1.82) is 0 Å². The Hall–Kier alpha value is -2.63. The van der Waals surface area contributed by atoms with Crippen molar-refractivity contribution >= 4 is 40.2 Å². The number of hydrogen-bond donors (Lipinski definition) is 0. The molecule has 3 aliphatic heterocycles. The standard InChI is InChI=1S/C26H28ClN3O2/c1-26(2)15-17(16-29-11-5-4-6-12-29)21-13-20(32-3)14-22-23(25(31)30(26)24(21)22)28-19-9-7-18(27)8-10-19/h7-10,13-15H,4-6,11-12,16H2,1-3H3. The lowest BCUT2D eigenvalue weighted by Crippen LogP contribution is -2.48. The smallest absolute Gasteiger partial charge is 0.278 e. The Kier molecular flexibility index (Phi) is 5.34. The average Bonchev–Trinajstić information content (AvgIpc) is 3.06. The van der Waals surface area contributed by atoms with Gasteiger partial charge >= 0.3 is 0 Å². The van der Waals surface area contributed by atoms with E-state index >= 15 is 0 Å². The number of likely N-dealkylation sites (tertiary alicyclic amines) is 1. The van der Waals surface area contributed by atoms with Crippen molar-refractivity contribution in [3.63, 3.8) is 0 Å². The lowest BCUT2D eigenvalue weighted by atomic mass is 9.87. The highest BCUT2D eigenvalue weighted by Gasteiger charge is 2.46. The highest BCUT2D eigenvalue weighted by molar-refractivity contribution is 6.55. The summed E-state index contributed by atoms with van der Waals surface area (Å²) in [6.07, 6.45) is 6.05. The first-order valence-corrected chi connectivity index (χ1v) is 11.6. The van der Waals surface area contributed by atoms with Crippen LogP contribution in [0.1, 0.15) is 44.2 Å². The predicted octanol–water partition coefficient (Wildman–Crippen LogP) is 5.48. The summed E-state index contributed by atoms with van der Waals surface area (Å²) in [4.78, 5) is 22.8. The van der Waals surface area contributed by atoms with Gasteiger partial charge in [0.25, 0.3) is 5.91 Å². The predicted molar refractivity (Wildman–Crippen MR) is 130 cm³/mol. The largest absolute Gasteiger partial charge is 0.497 e. The molecule has 0 aromatic heterocycles. The zero-order valence-electron chi connectivity index (χ0n) is 18.8. The third kappa shape index (κ3) is 3.63. The van der Waals surface area contributed by atoms with E-state index in [0.29, 0.717) is 16.4 Å². The van der Waals surface area contributed by atoms with Crippen molar-refractivity contribution in [2.45, 2.75) is 38.6 Å². The summed E-state index contributed by atoms with van der Waals surface area (Å²) in [5.74, 6) is 0.657. The molecule has 0 N–H and O–H groups in total. The zero-order valence-corrected chi connectivity index (χ0v) is 19.6. The molecule has 2 aromatic rings. The van der Waals surface area contributed by atoms with Gasteiger partial charge in [-0.25, -0.2) is 4.99 Å². The number of rotatable bonds is 4. The van der Waals surface area contributed by atoms with Gasteiger partial charge in [-0.05, 0) is 81.7 Å². The summed E-state index contributed by atoms with van der Waals surface area (Å²) in [5, 5.41) is 0.642. The second kappa shape index (κ2) is 8.05. The van der Waals surface area contributed by atoms with E-state index in [0.717, 1.165) is 42.2 Å². The van der Waals surface area contributed by atoms with Crippen LogP contribution < -0.4 is 9.64 Å². The summed E-state index contributed by atoms with van der Waals surface area (Å²) in [6.45, 7) is 7.33. The Bertz CT molecular complexity index is 1130. The lowest BCUT2D eigenvalue weighted by Gasteiger charge is -2.40. The van der Waals surface area contributed by atoms with E-state index in [2.05, 4.69) is 30.9 Å². The van der Waals surface area contributed by atoms with Crippen molar-refractivity contribution in [3.05, 3.63) is 58.6 Å². The number of halogens is 1. The monoisotopic (exact) mass is 449 g/mol. The molecule has 32 heavy (non-hydrogen) atoms. The zero-order chi connectivity index (χ0) is 22.5. The molecule has 0 unspecified atom stereocenters. The maximum Gasteiger partial charge on any atom is 0.278 e. The van der Waals surface area contributed by atoms with Crippen LogP contribution >= 0.6 is 11.6 Å². The fraction of sp³-hybridized carbons (Fsp3) is 0.385. The average molecular weight is 450 g/mol. The Morgan fingerprint density at radius 2 is 1.75 bits per heavy atom. The molecule has 166 valence electrons. The molecular weight excluding hydrogens is 422 g/mol. The number of piperidine rings is 1. The first kappa shape index (κ1) is 21.2. The summed E-state index contributed by atoms with van der Waals surface area (Å²) < 4.78 is 5.64. The molecule has 2 aromatic carbocycles. The molecule has 1 saturated heterocycles. The summed E-state index contributed by atoms with van der Waals surface area (Å²) in [6, 6.07) is 11.2. The van der Waals surface area contributed by atoms with Crippen LogP contribution in [0.2, 0.25) is 5.02 Å². The number of aliphatic imine (C=N–C) groups is 1. The molecular formula is C26H28ClN3O2. The molecule has 3 aliphatic rings. The van der Waals surface area contributed by atoms with Crippen LogP contribution in [0.15, 0.2) is 47.5 Å². The van der Waals surface area contributed by atoms with Gasteiger partial charge in [0, 0.05) is 22.7 Å². The highest BCUT2D eigenvalue weighted by atomic mass is 35.5. The van der Waals surface area contributed by atoms with Gasteiger partial charge in [-0.15, -0.1) is 0 Å². The molecule has 0 atom stereocenters. The first-order valence-electron chi connectivity index (χ1n) is 11.2. The number of ether oxygens (including phenoxy) is 1. The summed E-state index contributed by atoms with van der Waals surface area (Å²) in [7, 11) is 1.67. The third-order valence-corrected chi connectivity index (χ3v) is 6.82. The Morgan fingerprint density at radius 3 is 2.44 bits per heavy atom. The molecule has 0 saturated carbocycles. The van der Waals surface area contributed by atoms with Gasteiger partial charge in [0.15, 0.2) is 0 Å². The van der Waals surface area contributed by atoms with Gasteiger partial charge in [0.2, 0.25) is 0 Å². The van der Waals surface area contributed by atoms with Crippen LogP contribution in [-0.4, -0.2) is 48.8 Å². The molecule has 0 radical (unpaired) electrons. The number of anilines is 1. The fourth-order valence-corrected chi connectivity index (χ4v) is 5.20. The van der Waals surface area contributed by atoms with Crippen molar-refractivity contribution in [2.75, 3.05) is 31.6 Å². The highest BCUT2D eigenvalue weighted by Crippen LogP contribution is 2.47. The van der Waals surface area contributed by atoms with Crippen molar-refractivity contribution < 1.29 is 9.53 Å². The number of carbonyl (C=O) groups is 1. The maximum absolute atomic E-state index is 13.7. The van der Waals surface area contributed by atoms with Crippen LogP contribution in [0.3, 0.4) is 0 Å². The fourth-order valence-electron chi connectivity index (χ4n) is 5.08. The van der Waals surface area contributed by atoms with Crippen molar-refractivity contribution in [2.24, 2.45) is 4.99 Å². The number of benzene rings is 2. The Balaban J connectivity index is 1.65. The quantitative estimate of drug-likeness (QED) is 0.621. The van der Waals surface area contributed by atoms with E-state index < -0.39 is 5.54 Å². The third-order valence-electron chi connectivity index (χ3n) is 6.56. The molecule has 0 aliphatic carbocycles. The minimum Gasteiger partial charge on any atom is -0.497 e. The maximum atomic E-state index is 13.7. The molecule has 0 bridgehead atoms. The van der Waals surface area contributed by atoms with Gasteiger partial charge in [0.1, 0.15) is 11.5 Å². The van der Waals surface area contributed by atoms with Crippen LogP contribution in [0, 0.1) is 0 Å². The molecule has 5 rings (SSSR count). The number of hydrogen-bond acceptors (Lipinski definition) is 4. The first-order chi connectivity index (χ1) is 15.4. The molecule has 6 heteroatoms. The van der Waals surface area contributed by atoms with Gasteiger partial charge in [0.05, 0.1) is 24.0 Å².